The first-order valence-electron chi connectivity index (χ1n) is 24.2. The van der Waals surface area contributed by atoms with Crippen LogP contribution in [0.4, 0.5) is 4.79 Å². The van der Waals surface area contributed by atoms with E-state index in [0.717, 1.165) is 39.0 Å². The fourth-order valence-electron chi connectivity index (χ4n) is 10.1. The Balaban J connectivity index is 1.27. The van der Waals surface area contributed by atoms with E-state index in [0.29, 0.717) is 69.7 Å². The van der Waals surface area contributed by atoms with Gasteiger partial charge >= 0.3 is 12.0 Å². The maximum Gasteiger partial charge on any atom is 0.324 e. The molecule has 2 fully saturated rings. The SMILES string of the molecule is C=NCCC(=O)N1CCN(C(=O)N(C)[C@H](C(=O)N[C@H]2Cc3cc(O)cc(c3)-c3ccc4c(c3)c(c(-c3cccnc3[C@H](C)OC)n4CC)CC(C)(C)COC(=O)[C@@H]3CCCN(N3)C2=O)C(C)C)CC1. The summed E-state index contributed by atoms with van der Waals surface area (Å²) in [5, 5.41) is 16.7. The van der Waals surface area contributed by atoms with Crippen molar-refractivity contribution >= 4 is 47.3 Å². The van der Waals surface area contributed by atoms with Gasteiger partial charge in [-0.15, -0.1) is 0 Å². The van der Waals surface area contributed by atoms with Gasteiger partial charge in [0.25, 0.3) is 5.91 Å². The summed E-state index contributed by atoms with van der Waals surface area (Å²) in [5.41, 5.74) is 9.52. The second kappa shape index (κ2) is 21.5. The van der Waals surface area contributed by atoms with Gasteiger partial charge in [0.05, 0.1) is 24.1 Å². The molecule has 0 saturated carbocycles. The minimum Gasteiger partial charge on any atom is -0.508 e. The number of aliphatic imine (C=N–C) groups is 1. The predicted molar refractivity (Wildman–Crippen MR) is 264 cm³/mol. The highest BCUT2D eigenvalue weighted by Crippen LogP contribution is 2.42. The zero-order chi connectivity index (χ0) is 49.7. The number of aromatic nitrogens is 2. The van der Waals surface area contributed by atoms with Crippen LogP contribution in [-0.4, -0.2) is 149 Å². The number of pyridine rings is 1. The second-order valence-electron chi connectivity index (χ2n) is 19.7. The Bertz CT molecular complexity index is 2570. The van der Waals surface area contributed by atoms with Gasteiger partial charge in [-0.1, -0.05) is 39.8 Å². The summed E-state index contributed by atoms with van der Waals surface area (Å²) in [6.07, 6.45) is 3.20. The van der Waals surface area contributed by atoms with E-state index < -0.39 is 41.3 Å². The Morgan fingerprint density at radius 3 is 2.48 bits per heavy atom. The largest absolute Gasteiger partial charge is 0.508 e. The standard InChI is InChI=1S/C52H69N9O8/c1-10-60-43-16-15-35-29-39(43)40(47(60)38-13-11-18-54-45(38)33(4)68-9)30-52(5,6)31-69-50(66)41-14-12-20-61(56-41)49(65)42(27-34-25-36(35)28-37(62)26-34)55-48(64)46(32(2)3)57(8)51(67)59-23-21-58(22-24-59)44(63)17-19-53-7/h11,13,15-16,18,25-26,28-29,32-33,41-42,46,56,62H,7,10,12,14,17,19-24,27,30-31H2,1-6,8-9H3,(H,55,64)/t33-,41-,42-,46-/m0/s1. The minimum atomic E-state index is -1.17. The number of methoxy groups -OCH3 is 1. The smallest absolute Gasteiger partial charge is 0.324 e. The molecule has 7 rings (SSSR count). The van der Waals surface area contributed by atoms with Crippen molar-refractivity contribution in [1.29, 1.82) is 0 Å². The number of carbonyl (C=O) groups excluding carboxylic acids is 5. The van der Waals surface area contributed by atoms with E-state index in [4.69, 9.17) is 14.5 Å². The molecule has 0 radical (unpaired) electrons. The number of cyclic esters (lactones) is 1. The molecule has 17 nitrogen and oxygen atoms in total. The van der Waals surface area contributed by atoms with Crippen LogP contribution in [0.25, 0.3) is 33.3 Å². The monoisotopic (exact) mass is 948 g/mol. The lowest BCUT2D eigenvalue weighted by Gasteiger charge is -2.40. The molecule has 370 valence electrons. The molecule has 3 N–H and O–H groups in total. The summed E-state index contributed by atoms with van der Waals surface area (Å²) < 4.78 is 14.2. The van der Waals surface area contributed by atoms with Gasteiger partial charge in [-0.05, 0) is 104 Å². The number of aryl methyl sites for hydroxylation is 1. The summed E-state index contributed by atoms with van der Waals surface area (Å²) in [6, 6.07) is 12.1. The van der Waals surface area contributed by atoms with E-state index in [1.54, 1.807) is 42.3 Å². The van der Waals surface area contributed by atoms with Gasteiger partial charge in [-0.25, -0.2) is 10.2 Å². The number of hydrogen-bond donors (Lipinski definition) is 3. The van der Waals surface area contributed by atoms with Crippen molar-refractivity contribution < 1.29 is 38.6 Å². The molecule has 2 aromatic carbocycles. The Hall–Kier alpha value is -6.33. The van der Waals surface area contributed by atoms with Crippen LogP contribution in [0.1, 0.15) is 83.7 Å². The molecule has 4 atom stereocenters. The Morgan fingerprint density at radius 1 is 1.04 bits per heavy atom. The van der Waals surface area contributed by atoms with E-state index in [-0.39, 0.29) is 55.7 Å². The number of carbonyl (C=O) groups is 5. The van der Waals surface area contributed by atoms with E-state index in [1.807, 2.05) is 39.0 Å². The third-order valence-electron chi connectivity index (χ3n) is 13.7. The normalized spacial score (nSPS) is 19.7. The summed E-state index contributed by atoms with van der Waals surface area (Å²) in [7, 11) is 3.25. The van der Waals surface area contributed by atoms with Gasteiger partial charge in [0.2, 0.25) is 11.8 Å². The molecular weight excluding hydrogens is 879 g/mol. The van der Waals surface area contributed by atoms with E-state index in [2.05, 4.69) is 66.0 Å². The number of hydrogen-bond acceptors (Lipinski definition) is 11. The van der Waals surface area contributed by atoms with Crippen LogP contribution in [0.15, 0.2) is 59.7 Å². The van der Waals surface area contributed by atoms with Crippen LogP contribution < -0.4 is 10.7 Å². The summed E-state index contributed by atoms with van der Waals surface area (Å²) in [5.74, 6) is -1.92. The molecule has 5 heterocycles. The molecule has 3 aliphatic heterocycles. The summed E-state index contributed by atoms with van der Waals surface area (Å²) in [4.78, 5) is 83.3. The number of ether oxygens (including phenoxy) is 2. The first-order chi connectivity index (χ1) is 32.9. The third kappa shape index (κ3) is 11.1. The summed E-state index contributed by atoms with van der Waals surface area (Å²) in [6.45, 7) is 18.0. The number of piperazine rings is 1. The number of amides is 5. The molecule has 0 aliphatic carbocycles. The lowest BCUT2D eigenvalue weighted by atomic mass is 9.84. The first-order valence-corrected chi connectivity index (χ1v) is 24.2. The first kappa shape index (κ1) is 50.5. The number of aromatic hydroxyl groups is 1. The van der Waals surface area contributed by atoms with Crippen molar-refractivity contribution in [3.63, 3.8) is 0 Å². The molecule has 0 unspecified atom stereocenters. The highest BCUT2D eigenvalue weighted by Gasteiger charge is 2.39. The zero-order valence-electron chi connectivity index (χ0n) is 41.4. The number of hydrazine groups is 1. The number of nitrogens with one attached hydrogen (secondary N) is 2. The van der Waals surface area contributed by atoms with Crippen LogP contribution in [0.5, 0.6) is 5.75 Å². The molecule has 0 spiro atoms. The Labute approximate surface area is 405 Å². The van der Waals surface area contributed by atoms with E-state index >= 15 is 0 Å². The molecule has 4 aromatic rings. The van der Waals surface area contributed by atoms with Crippen molar-refractivity contribution in [3.05, 3.63) is 71.5 Å². The third-order valence-corrected chi connectivity index (χ3v) is 13.7. The van der Waals surface area contributed by atoms with Gasteiger partial charge in [0, 0.05) is 101 Å². The van der Waals surface area contributed by atoms with Crippen LogP contribution >= 0.6 is 0 Å². The summed E-state index contributed by atoms with van der Waals surface area (Å²) >= 11 is 0. The van der Waals surface area contributed by atoms with Gasteiger partial charge in [0.1, 0.15) is 23.9 Å². The Morgan fingerprint density at radius 2 is 1.78 bits per heavy atom. The molecule has 2 saturated heterocycles. The van der Waals surface area contributed by atoms with Crippen molar-refractivity contribution in [3.8, 4) is 28.1 Å². The van der Waals surface area contributed by atoms with Gasteiger partial charge in [-0.2, -0.15) is 0 Å². The lowest BCUT2D eigenvalue weighted by Crippen LogP contribution is -2.63. The fraction of sp³-hybridized carbons (Fsp3) is 0.519. The minimum absolute atomic E-state index is 0.0141. The maximum absolute atomic E-state index is 14.8. The number of rotatable bonds is 11. The molecular formula is C52H69N9O8. The number of phenols is 1. The molecule has 69 heavy (non-hydrogen) atoms. The second-order valence-corrected chi connectivity index (χ2v) is 19.7. The highest BCUT2D eigenvalue weighted by molar-refractivity contribution is 5.96. The highest BCUT2D eigenvalue weighted by atomic mass is 16.5. The number of urea groups is 1. The zero-order valence-corrected chi connectivity index (χ0v) is 41.4. The Kier molecular flexibility index (Phi) is 15.8. The van der Waals surface area contributed by atoms with Gasteiger partial charge < -0.3 is 44.2 Å². The van der Waals surface area contributed by atoms with Crippen molar-refractivity contribution in [1.82, 2.24) is 40.0 Å². The maximum atomic E-state index is 14.8. The molecule has 5 amide bonds. The molecule has 17 heteroatoms. The van der Waals surface area contributed by atoms with Gasteiger partial charge in [-0.3, -0.25) is 29.2 Å². The quantitative estimate of drug-likeness (QED) is 0.123. The fourth-order valence-corrected chi connectivity index (χ4v) is 10.1. The molecule has 3 aliphatic rings. The van der Waals surface area contributed by atoms with Crippen molar-refractivity contribution in [2.75, 3.05) is 60.0 Å². The van der Waals surface area contributed by atoms with E-state index in [9.17, 15) is 29.1 Å². The number of likely N-dealkylation sites (N-methyl/N-ethyl adjacent to an activating group) is 1. The number of nitrogens with zero attached hydrogens (tertiary/aromatic N) is 7. The number of esters is 1. The molecule has 2 aromatic heterocycles. The average molecular weight is 948 g/mol. The van der Waals surface area contributed by atoms with Crippen LogP contribution in [-0.2, 0) is 48.0 Å². The number of fused-ring (bicyclic) bond motifs is 6. The van der Waals surface area contributed by atoms with Gasteiger partial charge in [0.15, 0.2) is 0 Å². The predicted octanol–water partition coefficient (Wildman–Crippen LogP) is 5.76. The van der Waals surface area contributed by atoms with Crippen LogP contribution in [0, 0.1) is 11.3 Å². The van der Waals surface area contributed by atoms with Crippen LogP contribution in [0.2, 0.25) is 0 Å². The van der Waals surface area contributed by atoms with Crippen molar-refractivity contribution in [2.24, 2.45) is 16.3 Å². The number of phenolic OH excluding ortho intramolecular Hbond substituents is 1. The number of benzene rings is 2. The van der Waals surface area contributed by atoms with E-state index in [1.165, 1.54) is 9.91 Å². The van der Waals surface area contributed by atoms with Crippen LogP contribution in [0.3, 0.4) is 0 Å². The van der Waals surface area contributed by atoms with Crippen molar-refractivity contribution in [2.45, 2.75) is 104 Å². The topological polar surface area (TPSA) is 191 Å². The average Bonchev–Trinajstić information content (AvgIpc) is 3.64. The molecule has 6 bridgehead atoms. The lowest BCUT2D eigenvalue weighted by molar-refractivity contribution is -0.155.